The van der Waals surface area contributed by atoms with Crippen molar-refractivity contribution in [3.8, 4) is 0 Å². The minimum absolute atomic E-state index is 0.0205. The lowest BCUT2D eigenvalue weighted by molar-refractivity contribution is -0.130. The first kappa shape index (κ1) is 18.8. The quantitative estimate of drug-likeness (QED) is 0.792. The van der Waals surface area contributed by atoms with Crippen LogP contribution in [0.25, 0.3) is 0 Å². The van der Waals surface area contributed by atoms with E-state index in [0.29, 0.717) is 36.7 Å². The summed E-state index contributed by atoms with van der Waals surface area (Å²) in [6.07, 6.45) is 0.653. The van der Waals surface area contributed by atoms with E-state index in [1.54, 1.807) is 55.1 Å². The van der Waals surface area contributed by atoms with Crippen LogP contribution in [-0.4, -0.2) is 69.2 Å². The third-order valence-electron chi connectivity index (χ3n) is 4.59. The van der Waals surface area contributed by atoms with Crippen LogP contribution in [0, 0.1) is 0 Å². The Hall–Kier alpha value is -2.94. The van der Waals surface area contributed by atoms with Crippen molar-refractivity contribution in [1.29, 1.82) is 0 Å². The molecule has 144 valence electrons. The molecule has 1 aliphatic rings. The molecule has 3 heterocycles. The third-order valence-corrected chi connectivity index (χ3v) is 4.59. The molecule has 0 fully saturated rings. The number of amides is 2. The Labute approximate surface area is 157 Å². The van der Waals surface area contributed by atoms with E-state index in [2.05, 4.69) is 15.4 Å². The van der Waals surface area contributed by atoms with Crippen molar-refractivity contribution in [2.45, 2.75) is 25.6 Å². The molecule has 2 aromatic heterocycles. The second-order valence-corrected chi connectivity index (χ2v) is 6.67. The first-order valence-corrected chi connectivity index (χ1v) is 8.77. The Morgan fingerprint density at radius 2 is 2.15 bits per heavy atom. The molecule has 1 unspecified atom stereocenters. The standard InChI is InChI=1S/C18H24N6O3/c1-19-17-13(5-4-6-20-17)18(27)23-7-8-24-12(11-23)9-14(21-24)15(25)10-16(26)22(2)3/h4-6,9,15,25H,7-8,10-11H2,1-3H3,(H,19,20). The van der Waals surface area contributed by atoms with Crippen molar-refractivity contribution < 1.29 is 14.7 Å². The van der Waals surface area contributed by atoms with Gasteiger partial charge in [0.25, 0.3) is 5.91 Å². The maximum Gasteiger partial charge on any atom is 0.258 e. The lowest BCUT2D eigenvalue weighted by Crippen LogP contribution is -2.38. The van der Waals surface area contributed by atoms with E-state index in [1.807, 2.05) is 0 Å². The van der Waals surface area contributed by atoms with Gasteiger partial charge < -0.3 is 20.2 Å². The van der Waals surface area contributed by atoms with E-state index in [0.717, 1.165) is 5.69 Å². The Kier molecular flexibility index (Phi) is 5.41. The number of nitrogens with zero attached hydrogens (tertiary/aromatic N) is 5. The first-order chi connectivity index (χ1) is 12.9. The predicted octanol–water partition coefficient (Wildman–Crippen LogP) is 0.488. The predicted molar refractivity (Wildman–Crippen MR) is 99.0 cm³/mol. The average molecular weight is 372 g/mol. The number of rotatable bonds is 5. The number of aliphatic hydroxyl groups is 1. The second-order valence-electron chi connectivity index (χ2n) is 6.67. The van der Waals surface area contributed by atoms with Crippen LogP contribution in [-0.2, 0) is 17.9 Å². The van der Waals surface area contributed by atoms with Crippen LogP contribution < -0.4 is 5.32 Å². The summed E-state index contributed by atoms with van der Waals surface area (Å²) in [6, 6.07) is 5.24. The maximum absolute atomic E-state index is 12.9. The van der Waals surface area contributed by atoms with Gasteiger partial charge in [0.05, 0.1) is 36.5 Å². The molecule has 0 saturated heterocycles. The van der Waals surface area contributed by atoms with Crippen LogP contribution in [0.5, 0.6) is 0 Å². The van der Waals surface area contributed by atoms with E-state index in [1.165, 1.54) is 4.90 Å². The number of carbonyl (C=O) groups is 2. The summed E-state index contributed by atoms with van der Waals surface area (Å²) in [5.41, 5.74) is 1.80. The molecule has 1 aliphatic heterocycles. The highest BCUT2D eigenvalue weighted by atomic mass is 16.3. The van der Waals surface area contributed by atoms with Crippen LogP contribution in [0.3, 0.4) is 0 Å². The van der Waals surface area contributed by atoms with Gasteiger partial charge in [0, 0.05) is 33.9 Å². The number of hydrogen-bond acceptors (Lipinski definition) is 6. The lowest BCUT2D eigenvalue weighted by Gasteiger charge is -2.28. The zero-order valence-corrected chi connectivity index (χ0v) is 15.7. The molecule has 2 N–H and O–H groups in total. The van der Waals surface area contributed by atoms with Crippen molar-refractivity contribution >= 4 is 17.6 Å². The zero-order chi connectivity index (χ0) is 19.6. The number of fused-ring (bicyclic) bond motifs is 1. The van der Waals surface area contributed by atoms with Gasteiger partial charge >= 0.3 is 0 Å². The van der Waals surface area contributed by atoms with Crippen molar-refractivity contribution in [2.75, 3.05) is 33.0 Å². The minimum atomic E-state index is -0.962. The SMILES string of the molecule is CNc1ncccc1C(=O)N1CCn2nc(C(O)CC(=O)N(C)C)cc2C1. The number of aromatic nitrogens is 3. The van der Waals surface area contributed by atoms with Gasteiger partial charge in [0.1, 0.15) is 11.9 Å². The topological polar surface area (TPSA) is 104 Å². The molecular weight excluding hydrogens is 348 g/mol. The molecule has 0 aliphatic carbocycles. The monoisotopic (exact) mass is 372 g/mol. The van der Waals surface area contributed by atoms with Gasteiger partial charge in [0.2, 0.25) is 5.91 Å². The fourth-order valence-electron chi connectivity index (χ4n) is 3.02. The summed E-state index contributed by atoms with van der Waals surface area (Å²) in [5.74, 6) is 0.270. The normalized spacial score (nSPS) is 14.4. The van der Waals surface area contributed by atoms with Gasteiger partial charge in [0.15, 0.2) is 0 Å². The molecule has 1 atom stereocenters. The second kappa shape index (κ2) is 7.75. The number of carbonyl (C=O) groups excluding carboxylic acids is 2. The number of pyridine rings is 1. The van der Waals surface area contributed by atoms with Gasteiger partial charge in [-0.1, -0.05) is 0 Å². The van der Waals surface area contributed by atoms with E-state index in [4.69, 9.17) is 0 Å². The molecule has 9 heteroatoms. The zero-order valence-electron chi connectivity index (χ0n) is 15.7. The van der Waals surface area contributed by atoms with E-state index in [-0.39, 0.29) is 18.2 Å². The smallest absolute Gasteiger partial charge is 0.258 e. The number of anilines is 1. The number of nitrogens with one attached hydrogen (secondary N) is 1. The van der Waals surface area contributed by atoms with Gasteiger partial charge in [-0.25, -0.2) is 4.98 Å². The van der Waals surface area contributed by atoms with Crippen LogP contribution in [0.1, 0.15) is 34.3 Å². The van der Waals surface area contributed by atoms with E-state index in [9.17, 15) is 14.7 Å². The highest BCUT2D eigenvalue weighted by Crippen LogP contribution is 2.23. The number of hydrogen-bond donors (Lipinski definition) is 2. The summed E-state index contributed by atoms with van der Waals surface area (Å²) in [7, 11) is 5.02. The van der Waals surface area contributed by atoms with E-state index >= 15 is 0 Å². The fourth-order valence-corrected chi connectivity index (χ4v) is 3.02. The molecule has 0 radical (unpaired) electrons. The molecule has 0 bridgehead atoms. The van der Waals surface area contributed by atoms with Gasteiger partial charge in [-0.3, -0.25) is 14.3 Å². The van der Waals surface area contributed by atoms with E-state index < -0.39 is 6.10 Å². The first-order valence-electron chi connectivity index (χ1n) is 8.77. The highest BCUT2D eigenvalue weighted by Gasteiger charge is 2.26. The molecule has 3 rings (SSSR count). The van der Waals surface area contributed by atoms with Crippen molar-refractivity contribution in [3.05, 3.63) is 41.3 Å². The Morgan fingerprint density at radius 1 is 1.37 bits per heavy atom. The number of aliphatic hydroxyl groups excluding tert-OH is 1. The maximum atomic E-state index is 12.9. The summed E-state index contributed by atoms with van der Waals surface area (Å²) in [6.45, 7) is 1.43. The molecule has 0 saturated carbocycles. The van der Waals surface area contributed by atoms with Crippen molar-refractivity contribution in [3.63, 3.8) is 0 Å². The van der Waals surface area contributed by atoms with Crippen molar-refractivity contribution in [2.24, 2.45) is 0 Å². The minimum Gasteiger partial charge on any atom is -0.386 e. The molecule has 2 amide bonds. The Balaban J connectivity index is 1.74. The Bertz CT molecular complexity index is 847. The molecular formula is C18H24N6O3. The van der Waals surface area contributed by atoms with Crippen LogP contribution in [0.4, 0.5) is 5.82 Å². The largest absolute Gasteiger partial charge is 0.386 e. The molecule has 9 nitrogen and oxygen atoms in total. The van der Waals surface area contributed by atoms with Crippen LogP contribution >= 0.6 is 0 Å². The molecule has 0 aromatic carbocycles. The van der Waals surface area contributed by atoms with Crippen molar-refractivity contribution in [1.82, 2.24) is 24.6 Å². The summed E-state index contributed by atoms with van der Waals surface area (Å²) in [4.78, 5) is 32.0. The highest BCUT2D eigenvalue weighted by molar-refractivity contribution is 5.98. The summed E-state index contributed by atoms with van der Waals surface area (Å²) < 4.78 is 1.78. The molecule has 27 heavy (non-hydrogen) atoms. The van der Waals surface area contributed by atoms with Crippen LogP contribution in [0.15, 0.2) is 24.4 Å². The van der Waals surface area contributed by atoms with Gasteiger partial charge in [-0.15, -0.1) is 0 Å². The fraction of sp³-hybridized carbons (Fsp3) is 0.444. The van der Waals surface area contributed by atoms with Gasteiger partial charge in [-0.2, -0.15) is 5.10 Å². The molecule has 0 spiro atoms. The lowest BCUT2D eigenvalue weighted by atomic mass is 10.1. The van der Waals surface area contributed by atoms with Crippen LogP contribution in [0.2, 0.25) is 0 Å². The molecule has 2 aromatic rings. The Morgan fingerprint density at radius 3 is 2.85 bits per heavy atom. The summed E-state index contributed by atoms with van der Waals surface area (Å²) in [5, 5.41) is 17.6. The van der Waals surface area contributed by atoms with Gasteiger partial charge in [-0.05, 0) is 18.2 Å². The average Bonchev–Trinajstić information content (AvgIpc) is 3.10. The summed E-state index contributed by atoms with van der Waals surface area (Å²) >= 11 is 0. The third kappa shape index (κ3) is 3.92.